The quantitative estimate of drug-likeness (QED) is 0.893. The predicted molar refractivity (Wildman–Crippen MR) is 97.5 cm³/mol. The zero-order chi connectivity index (χ0) is 17.8. The molecule has 5 heteroatoms. The van der Waals surface area contributed by atoms with Crippen molar-refractivity contribution in [3.63, 3.8) is 0 Å². The van der Waals surface area contributed by atoms with Crippen molar-refractivity contribution in [2.45, 2.75) is 39.0 Å². The molecule has 0 aliphatic carbocycles. The fourth-order valence-electron chi connectivity index (χ4n) is 3.51. The standard InChI is InChI=1S/C20H28N2O3/c1-14(2)16-3-5-18(6-4-16)22-13-17(11-19(22)23)20(24)21-12-15-7-9-25-10-8-15/h3-6,14-15,17H,7-13H2,1-2H3,(H,21,24)/t17-/m1/s1. The van der Waals surface area contributed by atoms with Crippen LogP contribution < -0.4 is 10.2 Å². The first-order valence-electron chi connectivity index (χ1n) is 9.30. The second kappa shape index (κ2) is 8.00. The van der Waals surface area contributed by atoms with Gasteiger partial charge in [0.05, 0.1) is 5.92 Å². The van der Waals surface area contributed by atoms with E-state index in [0.717, 1.165) is 31.7 Å². The van der Waals surface area contributed by atoms with E-state index in [1.54, 1.807) is 4.90 Å². The van der Waals surface area contributed by atoms with Gasteiger partial charge in [-0.15, -0.1) is 0 Å². The maximum Gasteiger partial charge on any atom is 0.227 e. The molecule has 2 amide bonds. The van der Waals surface area contributed by atoms with Gasteiger partial charge in [0.15, 0.2) is 0 Å². The van der Waals surface area contributed by atoms with E-state index < -0.39 is 0 Å². The van der Waals surface area contributed by atoms with Gasteiger partial charge in [0.2, 0.25) is 11.8 Å². The molecule has 3 rings (SSSR count). The highest BCUT2D eigenvalue weighted by atomic mass is 16.5. The number of amides is 2. The minimum Gasteiger partial charge on any atom is -0.381 e. The number of hydrogen-bond acceptors (Lipinski definition) is 3. The van der Waals surface area contributed by atoms with Crippen molar-refractivity contribution in [1.29, 1.82) is 0 Å². The maximum atomic E-state index is 12.4. The highest BCUT2D eigenvalue weighted by molar-refractivity contribution is 6.00. The number of ether oxygens (including phenoxy) is 1. The largest absolute Gasteiger partial charge is 0.381 e. The first-order chi connectivity index (χ1) is 12.0. The van der Waals surface area contributed by atoms with Crippen molar-refractivity contribution in [1.82, 2.24) is 5.32 Å². The summed E-state index contributed by atoms with van der Waals surface area (Å²) in [6.45, 7) is 7.02. The SMILES string of the molecule is CC(C)c1ccc(N2C[C@H](C(=O)NCC3CCOCC3)CC2=O)cc1. The molecule has 1 atom stereocenters. The molecule has 0 saturated carbocycles. The number of nitrogens with one attached hydrogen (secondary N) is 1. The summed E-state index contributed by atoms with van der Waals surface area (Å²) in [5, 5.41) is 3.04. The third-order valence-corrected chi connectivity index (χ3v) is 5.27. The van der Waals surface area contributed by atoms with Gasteiger partial charge < -0.3 is 15.0 Å². The van der Waals surface area contributed by atoms with E-state index >= 15 is 0 Å². The molecule has 2 fully saturated rings. The zero-order valence-electron chi connectivity index (χ0n) is 15.2. The summed E-state index contributed by atoms with van der Waals surface area (Å²) in [5.41, 5.74) is 2.13. The molecule has 0 bridgehead atoms. The van der Waals surface area contributed by atoms with E-state index in [0.29, 0.717) is 31.3 Å². The molecule has 136 valence electrons. The van der Waals surface area contributed by atoms with E-state index in [-0.39, 0.29) is 17.7 Å². The fraction of sp³-hybridized carbons (Fsp3) is 0.600. The maximum absolute atomic E-state index is 12.4. The average Bonchev–Trinajstić information content (AvgIpc) is 3.02. The molecule has 0 aromatic heterocycles. The molecular weight excluding hydrogens is 316 g/mol. The smallest absolute Gasteiger partial charge is 0.227 e. The molecule has 25 heavy (non-hydrogen) atoms. The lowest BCUT2D eigenvalue weighted by Crippen LogP contribution is -2.37. The van der Waals surface area contributed by atoms with Crippen molar-refractivity contribution < 1.29 is 14.3 Å². The van der Waals surface area contributed by atoms with Gasteiger partial charge in [0.1, 0.15) is 0 Å². The Bertz CT molecular complexity index is 606. The Morgan fingerprint density at radius 2 is 1.92 bits per heavy atom. The molecule has 1 aromatic rings. The monoisotopic (exact) mass is 344 g/mol. The van der Waals surface area contributed by atoms with Gasteiger partial charge >= 0.3 is 0 Å². The second-order valence-corrected chi connectivity index (χ2v) is 7.45. The predicted octanol–water partition coefficient (Wildman–Crippen LogP) is 2.71. The van der Waals surface area contributed by atoms with E-state index in [9.17, 15) is 9.59 Å². The molecule has 2 heterocycles. The van der Waals surface area contributed by atoms with Gasteiger partial charge in [-0.2, -0.15) is 0 Å². The molecule has 5 nitrogen and oxygen atoms in total. The molecule has 2 aliphatic heterocycles. The second-order valence-electron chi connectivity index (χ2n) is 7.45. The summed E-state index contributed by atoms with van der Waals surface area (Å²) in [6, 6.07) is 8.09. The number of hydrogen-bond donors (Lipinski definition) is 1. The van der Waals surface area contributed by atoms with Crippen LogP contribution in [0.1, 0.15) is 44.6 Å². The lowest BCUT2D eigenvalue weighted by Gasteiger charge is -2.23. The van der Waals surface area contributed by atoms with Gasteiger partial charge in [0, 0.05) is 38.4 Å². The van der Waals surface area contributed by atoms with Crippen molar-refractivity contribution in [2.75, 3.05) is 31.2 Å². The van der Waals surface area contributed by atoms with Crippen LogP contribution in [0.15, 0.2) is 24.3 Å². The average molecular weight is 344 g/mol. The fourth-order valence-corrected chi connectivity index (χ4v) is 3.51. The molecule has 2 saturated heterocycles. The van der Waals surface area contributed by atoms with Crippen LogP contribution in [0.2, 0.25) is 0 Å². The molecule has 1 N–H and O–H groups in total. The van der Waals surface area contributed by atoms with Crippen molar-refractivity contribution in [3.8, 4) is 0 Å². The lowest BCUT2D eigenvalue weighted by molar-refractivity contribution is -0.126. The first kappa shape index (κ1) is 17.9. The van der Waals surface area contributed by atoms with Gasteiger partial charge in [0.25, 0.3) is 0 Å². The van der Waals surface area contributed by atoms with E-state index in [1.807, 2.05) is 12.1 Å². The molecule has 0 radical (unpaired) electrons. The summed E-state index contributed by atoms with van der Waals surface area (Å²) >= 11 is 0. The molecule has 2 aliphatic rings. The van der Waals surface area contributed by atoms with E-state index in [2.05, 4.69) is 31.3 Å². The van der Waals surface area contributed by atoms with Gasteiger partial charge in [-0.25, -0.2) is 0 Å². The number of carbonyl (C=O) groups excluding carboxylic acids is 2. The molecule has 0 unspecified atom stereocenters. The summed E-state index contributed by atoms with van der Waals surface area (Å²) in [4.78, 5) is 26.5. The van der Waals surface area contributed by atoms with Crippen LogP contribution in [0.3, 0.4) is 0 Å². The number of carbonyl (C=O) groups is 2. The van der Waals surface area contributed by atoms with Gasteiger partial charge in [-0.1, -0.05) is 26.0 Å². The highest BCUT2D eigenvalue weighted by Crippen LogP contribution is 2.27. The Hall–Kier alpha value is -1.88. The summed E-state index contributed by atoms with van der Waals surface area (Å²) < 4.78 is 5.34. The van der Waals surface area contributed by atoms with Crippen LogP contribution in [0.4, 0.5) is 5.69 Å². The topological polar surface area (TPSA) is 58.6 Å². The lowest BCUT2D eigenvalue weighted by atomic mass is 10.00. The van der Waals surface area contributed by atoms with Crippen LogP contribution in [-0.4, -0.2) is 38.1 Å². The Morgan fingerprint density at radius 1 is 1.24 bits per heavy atom. The third-order valence-electron chi connectivity index (χ3n) is 5.27. The van der Waals surface area contributed by atoms with Crippen LogP contribution in [0.25, 0.3) is 0 Å². The minimum atomic E-state index is -0.253. The number of nitrogens with zero attached hydrogens (tertiary/aromatic N) is 1. The first-order valence-corrected chi connectivity index (χ1v) is 9.30. The van der Waals surface area contributed by atoms with Crippen LogP contribution in [0, 0.1) is 11.8 Å². The number of benzene rings is 1. The van der Waals surface area contributed by atoms with Crippen molar-refractivity contribution in [2.24, 2.45) is 11.8 Å². The van der Waals surface area contributed by atoms with Gasteiger partial charge in [-0.05, 0) is 42.4 Å². The van der Waals surface area contributed by atoms with Crippen LogP contribution in [0.5, 0.6) is 0 Å². The van der Waals surface area contributed by atoms with Crippen LogP contribution >= 0.6 is 0 Å². The number of anilines is 1. The zero-order valence-corrected chi connectivity index (χ0v) is 15.2. The minimum absolute atomic E-state index is 0.00106. The summed E-state index contributed by atoms with van der Waals surface area (Å²) in [6.07, 6.45) is 2.29. The third kappa shape index (κ3) is 4.40. The van der Waals surface area contributed by atoms with E-state index in [4.69, 9.17) is 4.74 Å². The molecular formula is C20H28N2O3. The van der Waals surface area contributed by atoms with Crippen LogP contribution in [-0.2, 0) is 14.3 Å². The normalized spacial score (nSPS) is 21.8. The Kier molecular flexibility index (Phi) is 5.74. The molecule has 0 spiro atoms. The Labute approximate surface area is 149 Å². The molecule has 1 aromatic carbocycles. The summed E-state index contributed by atoms with van der Waals surface area (Å²) in [7, 11) is 0. The summed E-state index contributed by atoms with van der Waals surface area (Å²) in [5.74, 6) is 0.739. The highest BCUT2D eigenvalue weighted by Gasteiger charge is 2.35. The van der Waals surface area contributed by atoms with Crippen molar-refractivity contribution >= 4 is 17.5 Å². The Morgan fingerprint density at radius 3 is 2.56 bits per heavy atom. The Balaban J connectivity index is 1.55. The van der Waals surface area contributed by atoms with Gasteiger partial charge in [-0.3, -0.25) is 9.59 Å². The number of rotatable bonds is 5. The van der Waals surface area contributed by atoms with E-state index in [1.165, 1.54) is 5.56 Å². The van der Waals surface area contributed by atoms with Crippen molar-refractivity contribution in [3.05, 3.63) is 29.8 Å².